The number of nitrogens with zero attached hydrogens (tertiary/aromatic N) is 3. The molecule has 1 N–H and O–H groups in total. The number of hydrogen-bond donors (Lipinski definition) is 1. The Labute approximate surface area is 326 Å². The van der Waals surface area contributed by atoms with Crippen molar-refractivity contribution in [2.45, 2.75) is 6.17 Å². The molecule has 4 heterocycles. The molecular weight excluding hydrogens is 701 g/mol. The SMILES string of the molecule is c1ccc(C2=NC(c3ccccc3)NC(c3cccc4c3oc3c(-c5ccc6oc7ccc(-n8c9ccccc9c9ccccc98)cc7c6c5)cccc34)=N2)cc1. The number of benzene rings is 8. The lowest BCUT2D eigenvalue weighted by atomic mass is 10.00. The molecule has 1 aliphatic rings. The second kappa shape index (κ2) is 12.4. The van der Waals surface area contributed by atoms with Crippen molar-refractivity contribution in [3.05, 3.63) is 199 Å². The topological polar surface area (TPSA) is 68.0 Å². The molecule has 1 aliphatic heterocycles. The van der Waals surface area contributed by atoms with Crippen molar-refractivity contribution in [2.24, 2.45) is 9.98 Å². The molecule has 3 aromatic heterocycles. The third kappa shape index (κ3) is 4.97. The normalized spacial score (nSPS) is 14.5. The van der Waals surface area contributed by atoms with Crippen LogP contribution in [-0.4, -0.2) is 16.2 Å². The second-order valence-corrected chi connectivity index (χ2v) is 14.6. The molecule has 57 heavy (non-hydrogen) atoms. The van der Waals surface area contributed by atoms with E-state index in [9.17, 15) is 0 Å². The largest absolute Gasteiger partial charge is 0.456 e. The van der Waals surface area contributed by atoms with Gasteiger partial charge in [0.1, 0.15) is 34.3 Å². The zero-order valence-corrected chi connectivity index (χ0v) is 30.6. The van der Waals surface area contributed by atoms with Crippen LogP contribution in [-0.2, 0) is 0 Å². The highest BCUT2D eigenvalue weighted by Crippen LogP contribution is 2.41. The van der Waals surface area contributed by atoms with E-state index in [1.807, 2.05) is 48.5 Å². The summed E-state index contributed by atoms with van der Waals surface area (Å²) >= 11 is 0. The molecule has 0 aliphatic carbocycles. The van der Waals surface area contributed by atoms with Gasteiger partial charge in [-0.05, 0) is 59.7 Å². The molecule has 268 valence electrons. The first-order valence-electron chi connectivity index (χ1n) is 19.2. The van der Waals surface area contributed by atoms with Crippen molar-refractivity contribution in [1.82, 2.24) is 9.88 Å². The molecule has 0 spiro atoms. The Bertz CT molecular complexity index is 3390. The Kier molecular flexibility index (Phi) is 6.89. The zero-order valence-electron chi connectivity index (χ0n) is 30.6. The van der Waals surface area contributed by atoms with Gasteiger partial charge in [0.25, 0.3) is 0 Å². The van der Waals surface area contributed by atoms with Gasteiger partial charge in [0.05, 0.1) is 16.6 Å². The van der Waals surface area contributed by atoms with Crippen molar-refractivity contribution >= 4 is 77.4 Å². The van der Waals surface area contributed by atoms with Gasteiger partial charge in [-0.1, -0.05) is 133 Å². The lowest BCUT2D eigenvalue weighted by Crippen LogP contribution is -2.33. The minimum atomic E-state index is -0.309. The molecule has 0 fully saturated rings. The number of aliphatic imine (C=N–C) groups is 2. The maximum absolute atomic E-state index is 6.95. The Hall–Kier alpha value is -7.70. The van der Waals surface area contributed by atoms with E-state index in [2.05, 4.69) is 143 Å². The van der Waals surface area contributed by atoms with Crippen LogP contribution >= 0.6 is 0 Å². The van der Waals surface area contributed by atoms with Crippen LogP contribution in [0.5, 0.6) is 0 Å². The maximum atomic E-state index is 6.95. The summed E-state index contributed by atoms with van der Waals surface area (Å²) < 4.78 is 15.7. The van der Waals surface area contributed by atoms with Crippen molar-refractivity contribution < 1.29 is 8.83 Å². The Balaban J connectivity index is 0.999. The number of fused-ring (bicyclic) bond motifs is 9. The highest BCUT2D eigenvalue weighted by molar-refractivity contribution is 6.20. The predicted octanol–water partition coefficient (Wildman–Crippen LogP) is 12.7. The molecule has 0 saturated carbocycles. The number of hydrogen-bond acceptors (Lipinski definition) is 5. The summed E-state index contributed by atoms with van der Waals surface area (Å²) in [6.45, 7) is 0. The first-order chi connectivity index (χ1) is 28.2. The van der Waals surface area contributed by atoms with Gasteiger partial charge in [-0.2, -0.15) is 0 Å². The number of nitrogens with one attached hydrogen (secondary N) is 1. The first-order valence-corrected chi connectivity index (χ1v) is 19.2. The minimum Gasteiger partial charge on any atom is -0.456 e. The lowest BCUT2D eigenvalue weighted by Gasteiger charge is -2.23. The van der Waals surface area contributed by atoms with Crippen molar-refractivity contribution in [1.29, 1.82) is 0 Å². The summed E-state index contributed by atoms with van der Waals surface area (Å²) in [7, 11) is 0. The fraction of sp³-hybridized carbons (Fsp3) is 0.0196. The summed E-state index contributed by atoms with van der Waals surface area (Å²) in [5, 5.41) is 10.3. The van der Waals surface area contributed by atoms with E-state index in [1.54, 1.807) is 0 Å². The van der Waals surface area contributed by atoms with E-state index in [-0.39, 0.29) is 6.17 Å². The molecule has 8 aromatic carbocycles. The first kappa shape index (κ1) is 31.6. The van der Waals surface area contributed by atoms with Crippen molar-refractivity contribution in [3.8, 4) is 16.8 Å². The molecule has 1 atom stereocenters. The van der Waals surface area contributed by atoms with E-state index in [4.69, 9.17) is 18.8 Å². The Morgan fingerprint density at radius 2 is 1.05 bits per heavy atom. The molecule has 6 heteroatoms. The fourth-order valence-corrected chi connectivity index (χ4v) is 8.62. The fourth-order valence-electron chi connectivity index (χ4n) is 8.62. The number of para-hydroxylation sites is 4. The van der Waals surface area contributed by atoms with Gasteiger partial charge >= 0.3 is 0 Å². The standard InChI is InChI=1S/C51H32N4O2/c1-3-13-31(14-4-1)49-52-50(32-15-5-2-6-16-32)54-51(53-49)40-22-12-21-39-38-20-11-19-35(47(38)57-48(39)40)33-25-27-45-41(29-33)42-30-34(26-28-46(42)56-45)55-43-23-9-7-17-36(43)37-18-8-10-24-44(37)55/h1-30,49H,(H,52,53,54). The molecule has 11 aromatic rings. The van der Waals surface area contributed by atoms with Crippen LogP contribution in [0.25, 0.3) is 82.5 Å². The number of furan rings is 2. The molecule has 0 saturated heterocycles. The Morgan fingerprint density at radius 1 is 0.456 bits per heavy atom. The van der Waals surface area contributed by atoms with Crippen LogP contribution in [0.15, 0.2) is 201 Å². The Morgan fingerprint density at radius 3 is 1.79 bits per heavy atom. The zero-order chi connectivity index (χ0) is 37.5. The van der Waals surface area contributed by atoms with Gasteiger partial charge in [0, 0.05) is 49.1 Å². The highest BCUT2D eigenvalue weighted by atomic mass is 16.3. The van der Waals surface area contributed by atoms with Crippen molar-refractivity contribution in [2.75, 3.05) is 0 Å². The van der Waals surface area contributed by atoms with E-state index in [0.29, 0.717) is 11.7 Å². The van der Waals surface area contributed by atoms with Gasteiger partial charge in [-0.3, -0.25) is 0 Å². The quantitative estimate of drug-likeness (QED) is 0.192. The molecule has 12 rings (SSSR count). The monoisotopic (exact) mass is 732 g/mol. The summed E-state index contributed by atoms with van der Waals surface area (Å²) in [6.07, 6.45) is -0.309. The molecular formula is C51H32N4O2. The van der Waals surface area contributed by atoms with Crippen molar-refractivity contribution in [3.63, 3.8) is 0 Å². The van der Waals surface area contributed by atoms with Crippen LogP contribution in [0.2, 0.25) is 0 Å². The number of amidine groups is 2. The summed E-state index contributed by atoms with van der Waals surface area (Å²) in [5.74, 6) is 1.39. The van der Waals surface area contributed by atoms with Gasteiger partial charge < -0.3 is 18.7 Å². The second-order valence-electron chi connectivity index (χ2n) is 14.6. The summed E-state index contributed by atoms with van der Waals surface area (Å²) in [4.78, 5) is 10.1. The predicted molar refractivity (Wildman–Crippen MR) is 233 cm³/mol. The van der Waals surface area contributed by atoms with Crippen LogP contribution in [0.4, 0.5) is 0 Å². The lowest BCUT2D eigenvalue weighted by molar-refractivity contribution is 0.660. The maximum Gasteiger partial charge on any atom is 0.159 e. The molecule has 6 nitrogen and oxygen atoms in total. The third-order valence-electron chi connectivity index (χ3n) is 11.3. The average Bonchev–Trinajstić information content (AvgIpc) is 3.96. The van der Waals surface area contributed by atoms with Gasteiger partial charge in [-0.15, -0.1) is 0 Å². The van der Waals surface area contributed by atoms with E-state index in [0.717, 1.165) is 77.4 Å². The summed E-state index contributed by atoms with van der Waals surface area (Å²) in [5.41, 5.74) is 11.7. The van der Waals surface area contributed by atoms with E-state index >= 15 is 0 Å². The van der Waals surface area contributed by atoms with E-state index < -0.39 is 0 Å². The highest BCUT2D eigenvalue weighted by Gasteiger charge is 2.24. The van der Waals surface area contributed by atoms with Crippen LogP contribution in [0.1, 0.15) is 22.9 Å². The smallest absolute Gasteiger partial charge is 0.159 e. The van der Waals surface area contributed by atoms with Crippen LogP contribution in [0, 0.1) is 0 Å². The number of rotatable bonds is 5. The van der Waals surface area contributed by atoms with Crippen LogP contribution < -0.4 is 5.32 Å². The van der Waals surface area contributed by atoms with Gasteiger partial charge in [-0.25, -0.2) is 9.98 Å². The van der Waals surface area contributed by atoms with E-state index in [1.165, 1.54) is 21.8 Å². The molecule has 0 radical (unpaired) electrons. The molecule has 0 amide bonds. The third-order valence-corrected chi connectivity index (χ3v) is 11.3. The minimum absolute atomic E-state index is 0.309. The van der Waals surface area contributed by atoms with Crippen LogP contribution in [0.3, 0.4) is 0 Å². The summed E-state index contributed by atoms with van der Waals surface area (Å²) in [6, 6.07) is 63.2. The molecule has 0 bridgehead atoms. The van der Waals surface area contributed by atoms with Gasteiger partial charge in [0.15, 0.2) is 5.84 Å². The molecule has 1 unspecified atom stereocenters. The van der Waals surface area contributed by atoms with Gasteiger partial charge in [0.2, 0.25) is 0 Å². The number of aromatic nitrogens is 1. The average molecular weight is 733 g/mol.